The van der Waals surface area contributed by atoms with E-state index >= 15 is 0 Å². The minimum absolute atomic E-state index is 0.0684. The van der Waals surface area contributed by atoms with Crippen LogP contribution in [0.3, 0.4) is 0 Å². The van der Waals surface area contributed by atoms with Crippen molar-refractivity contribution in [1.29, 1.82) is 0 Å². The number of nitrogens with zero attached hydrogens (tertiary/aromatic N) is 2. The Morgan fingerprint density at radius 3 is 2.71 bits per heavy atom. The Labute approximate surface area is 122 Å². The standard InChI is InChI=1S/C17H15N3O/c1-12(13-6-4-8-18-9-13)17(21)20-16-11-19-10-14-5-2-3-7-15(14)16/h2-12H,1H3,(H,20,21). The molecule has 0 aliphatic rings. The summed E-state index contributed by atoms with van der Waals surface area (Å²) < 4.78 is 0. The number of carbonyl (C=O) groups excluding carboxylic acids is 1. The van der Waals surface area contributed by atoms with Gasteiger partial charge in [-0.1, -0.05) is 30.3 Å². The first-order valence-corrected chi connectivity index (χ1v) is 6.79. The van der Waals surface area contributed by atoms with Gasteiger partial charge in [0.2, 0.25) is 5.91 Å². The van der Waals surface area contributed by atoms with Crippen LogP contribution in [0.25, 0.3) is 10.8 Å². The van der Waals surface area contributed by atoms with Crippen molar-refractivity contribution in [2.24, 2.45) is 0 Å². The van der Waals surface area contributed by atoms with Gasteiger partial charge in [-0.2, -0.15) is 0 Å². The molecule has 4 nitrogen and oxygen atoms in total. The summed E-state index contributed by atoms with van der Waals surface area (Å²) in [5.41, 5.74) is 1.62. The predicted molar refractivity (Wildman–Crippen MR) is 83.0 cm³/mol. The Morgan fingerprint density at radius 2 is 1.90 bits per heavy atom. The maximum absolute atomic E-state index is 12.4. The molecule has 0 fully saturated rings. The second kappa shape index (κ2) is 5.71. The predicted octanol–water partition coefficient (Wildman–Crippen LogP) is 3.37. The van der Waals surface area contributed by atoms with E-state index in [-0.39, 0.29) is 11.8 Å². The number of rotatable bonds is 3. The summed E-state index contributed by atoms with van der Waals surface area (Å²) in [5.74, 6) is -0.334. The Hall–Kier alpha value is -2.75. The normalized spacial score (nSPS) is 12.0. The highest BCUT2D eigenvalue weighted by molar-refractivity contribution is 6.03. The van der Waals surface area contributed by atoms with Gasteiger partial charge in [0.25, 0.3) is 0 Å². The summed E-state index contributed by atoms with van der Waals surface area (Å²) in [6.07, 6.45) is 6.88. The van der Waals surface area contributed by atoms with Gasteiger partial charge in [0.05, 0.1) is 17.8 Å². The molecule has 0 aliphatic carbocycles. The number of hydrogen-bond acceptors (Lipinski definition) is 3. The molecular formula is C17H15N3O. The quantitative estimate of drug-likeness (QED) is 0.798. The van der Waals surface area contributed by atoms with Gasteiger partial charge < -0.3 is 5.32 Å². The van der Waals surface area contributed by atoms with Gasteiger partial charge in [0.15, 0.2) is 0 Å². The molecule has 21 heavy (non-hydrogen) atoms. The molecular weight excluding hydrogens is 262 g/mol. The lowest BCUT2D eigenvalue weighted by Gasteiger charge is -2.13. The van der Waals surface area contributed by atoms with Crippen molar-refractivity contribution in [2.45, 2.75) is 12.8 Å². The van der Waals surface area contributed by atoms with Gasteiger partial charge in [0, 0.05) is 29.4 Å². The molecule has 4 heteroatoms. The van der Waals surface area contributed by atoms with Crippen LogP contribution in [0.15, 0.2) is 61.2 Å². The summed E-state index contributed by atoms with van der Waals surface area (Å²) in [4.78, 5) is 20.6. The molecule has 1 unspecified atom stereocenters. The fraction of sp³-hybridized carbons (Fsp3) is 0.118. The molecule has 3 rings (SSSR count). The molecule has 0 spiro atoms. The van der Waals surface area contributed by atoms with E-state index in [0.29, 0.717) is 0 Å². The zero-order valence-corrected chi connectivity index (χ0v) is 11.7. The molecule has 1 atom stereocenters. The van der Waals surface area contributed by atoms with Gasteiger partial charge >= 0.3 is 0 Å². The molecule has 1 N–H and O–H groups in total. The molecule has 3 aromatic rings. The van der Waals surface area contributed by atoms with Crippen LogP contribution in [-0.4, -0.2) is 15.9 Å². The van der Waals surface area contributed by atoms with Gasteiger partial charge in [-0.15, -0.1) is 0 Å². The number of fused-ring (bicyclic) bond motifs is 1. The van der Waals surface area contributed by atoms with Crippen LogP contribution in [0.5, 0.6) is 0 Å². The molecule has 0 saturated carbocycles. The average Bonchev–Trinajstić information content (AvgIpc) is 2.55. The van der Waals surface area contributed by atoms with Crippen molar-refractivity contribution >= 4 is 22.4 Å². The van der Waals surface area contributed by atoms with Crippen LogP contribution in [0.4, 0.5) is 5.69 Å². The Bertz CT molecular complexity index is 766. The molecule has 2 aromatic heterocycles. The van der Waals surface area contributed by atoms with Crippen molar-refractivity contribution in [2.75, 3.05) is 5.32 Å². The van der Waals surface area contributed by atoms with Crippen LogP contribution >= 0.6 is 0 Å². The molecule has 2 heterocycles. The summed E-state index contributed by atoms with van der Waals surface area (Å²) >= 11 is 0. The maximum atomic E-state index is 12.4. The monoisotopic (exact) mass is 277 g/mol. The van der Waals surface area contributed by atoms with Crippen molar-refractivity contribution in [3.63, 3.8) is 0 Å². The number of nitrogens with one attached hydrogen (secondary N) is 1. The lowest BCUT2D eigenvalue weighted by atomic mass is 10.0. The highest BCUT2D eigenvalue weighted by atomic mass is 16.1. The van der Waals surface area contributed by atoms with E-state index in [1.165, 1.54) is 0 Å². The number of carbonyl (C=O) groups is 1. The summed E-state index contributed by atoms with van der Waals surface area (Å²) in [6, 6.07) is 11.6. The highest BCUT2D eigenvalue weighted by Gasteiger charge is 2.16. The third kappa shape index (κ3) is 2.74. The summed E-state index contributed by atoms with van der Waals surface area (Å²) in [5, 5.41) is 4.94. The second-order valence-electron chi connectivity index (χ2n) is 4.91. The number of pyridine rings is 2. The topological polar surface area (TPSA) is 54.9 Å². The van der Waals surface area contributed by atoms with E-state index < -0.39 is 0 Å². The van der Waals surface area contributed by atoms with Crippen molar-refractivity contribution in [3.05, 3.63) is 66.7 Å². The third-order valence-electron chi connectivity index (χ3n) is 3.50. The average molecular weight is 277 g/mol. The van der Waals surface area contributed by atoms with Crippen molar-refractivity contribution in [1.82, 2.24) is 9.97 Å². The number of aromatic nitrogens is 2. The van der Waals surface area contributed by atoms with Crippen LogP contribution in [-0.2, 0) is 4.79 Å². The van der Waals surface area contributed by atoms with Gasteiger partial charge in [-0.3, -0.25) is 14.8 Å². The minimum Gasteiger partial charge on any atom is -0.324 e. The second-order valence-corrected chi connectivity index (χ2v) is 4.91. The van der Waals surface area contributed by atoms with Crippen LogP contribution < -0.4 is 5.32 Å². The van der Waals surface area contributed by atoms with Crippen LogP contribution in [0.1, 0.15) is 18.4 Å². The molecule has 0 radical (unpaired) electrons. The van der Waals surface area contributed by atoms with E-state index in [9.17, 15) is 4.79 Å². The van der Waals surface area contributed by atoms with Gasteiger partial charge in [-0.25, -0.2) is 0 Å². The largest absolute Gasteiger partial charge is 0.324 e. The number of anilines is 1. The first kappa shape index (κ1) is 13.2. The number of hydrogen-bond donors (Lipinski definition) is 1. The molecule has 104 valence electrons. The smallest absolute Gasteiger partial charge is 0.231 e. The van der Waals surface area contributed by atoms with Crippen LogP contribution in [0.2, 0.25) is 0 Å². The first-order chi connectivity index (χ1) is 10.3. The lowest BCUT2D eigenvalue weighted by Crippen LogP contribution is -2.19. The lowest BCUT2D eigenvalue weighted by molar-refractivity contribution is -0.117. The van der Waals surface area contributed by atoms with Crippen molar-refractivity contribution in [3.8, 4) is 0 Å². The zero-order chi connectivity index (χ0) is 14.7. The van der Waals surface area contributed by atoms with Crippen molar-refractivity contribution < 1.29 is 4.79 Å². The number of amides is 1. The fourth-order valence-electron chi connectivity index (χ4n) is 2.24. The minimum atomic E-state index is -0.266. The SMILES string of the molecule is CC(C(=O)Nc1cncc2ccccc12)c1cccnc1. The molecule has 0 aliphatic heterocycles. The molecule has 0 bridgehead atoms. The van der Waals surface area contributed by atoms with E-state index in [1.54, 1.807) is 24.8 Å². The third-order valence-corrected chi connectivity index (χ3v) is 3.50. The fourth-order valence-corrected chi connectivity index (χ4v) is 2.24. The van der Waals surface area contributed by atoms with E-state index in [2.05, 4.69) is 15.3 Å². The molecule has 0 saturated heterocycles. The Morgan fingerprint density at radius 1 is 1.05 bits per heavy atom. The Kier molecular flexibility index (Phi) is 3.60. The number of benzene rings is 1. The first-order valence-electron chi connectivity index (χ1n) is 6.79. The van der Waals surface area contributed by atoms with Gasteiger partial charge in [-0.05, 0) is 18.6 Å². The Balaban J connectivity index is 1.87. The maximum Gasteiger partial charge on any atom is 0.231 e. The van der Waals surface area contributed by atoms with E-state index in [4.69, 9.17) is 0 Å². The van der Waals surface area contributed by atoms with Crippen LogP contribution in [0, 0.1) is 0 Å². The van der Waals surface area contributed by atoms with E-state index in [0.717, 1.165) is 22.0 Å². The summed E-state index contributed by atoms with van der Waals surface area (Å²) in [7, 11) is 0. The van der Waals surface area contributed by atoms with E-state index in [1.807, 2.05) is 43.3 Å². The zero-order valence-electron chi connectivity index (χ0n) is 11.7. The summed E-state index contributed by atoms with van der Waals surface area (Å²) in [6.45, 7) is 1.87. The highest BCUT2D eigenvalue weighted by Crippen LogP contribution is 2.23. The van der Waals surface area contributed by atoms with Gasteiger partial charge in [0.1, 0.15) is 0 Å². The molecule has 1 amide bonds. The molecule has 1 aromatic carbocycles.